The van der Waals surface area contributed by atoms with E-state index < -0.39 is 0 Å². The lowest BCUT2D eigenvalue weighted by atomic mass is 9.97. The van der Waals surface area contributed by atoms with Crippen LogP contribution in [0.25, 0.3) is 33.0 Å². The van der Waals surface area contributed by atoms with Crippen LogP contribution in [0.15, 0.2) is 115 Å². The third-order valence-corrected chi connectivity index (χ3v) is 5.46. The van der Waals surface area contributed by atoms with E-state index in [1.54, 1.807) is 0 Å². The third kappa shape index (κ3) is 3.83. The molecule has 0 aliphatic carbocycles. The van der Waals surface area contributed by atoms with Crippen LogP contribution >= 0.6 is 0 Å². The van der Waals surface area contributed by atoms with E-state index >= 15 is 0 Å². The van der Waals surface area contributed by atoms with E-state index in [1.165, 1.54) is 38.6 Å². The minimum atomic E-state index is 1.09. The standard InChI is InChI=1S/C29H23N/c1-21-11-13-24(14-12-21)27-17-26(22-7-3-2-4-8-22)19-29(20-27)30-28-16-15-23-9-5-6-10-25(23)18-28/h2-20,30H,1H3. The van der Waals surface area contributed by atoms with Gasteiger partial charge in [-0.15, -0.1) is 0 Å². The molecule has 144 valence electrons. The molecule has 0 aliphatic rings. The summed E-state index contributed by atoms with van der Waals surface area (Å²) in [6.45, 7) is 2.12. The molecule has 0 saturated heterocycles. The van der Waals surface area contributed by atoms with Crippen molar-refractivity contribution in [2.75, 3.05) is 5.32 Å². The summed E-state index contributed by atoms with van der Waals surface area (Å²) in [5.74, 6) is 0. The summed E-state index contributed by atoms with van der Waals surface area (Å²) in [5, 5.41) is 6.12. The van der Waals surface area contributed by atoms with Gasteiger partial charge in [0.15, 0.2) is 0 Å². The van der Waals surface area contributed by atoms with E-state index in [0.29, 0.717) is 0 Å². The highest BCUT2D eigenvalue weighted by Crippen LogP contribution is 2.32. The first-order valence-corrected chi connectivity index (χ1v) is 10.3. The Labute approximate surface area is 177 Å². The zero-order valence-corrected chi connectivity index (χ0v) is 17.0. The molecule has 1 heteroatoms. The second kappa shape index (κ2) is 7.88. The third-order valence-electron chi connectivity index (χ3n) is 5.46. The van der Waals surface area contributed by atoms with Crippen LogP contribution in [-0.4, -0.2) is 0 Å². The predicted octanol–water partition coefficient (Wildman–Crippen LogP) is 8.23. The van der Waals surface area contributed by atoms with Crippen LogP contribution in [0.3, 0.4) is 0 Å². The summed E-state index contributed by atoms with van der Waals surface area (Å²) in [6, 6.07) is 41.0. The fourth-order valence-electron chi connectivity index (χ4n) is 3.84. The molecule has 0 unspecified atom stereocenters. The van der Waals surface area contributed by atoms with Crippen LogP contribution in [0.5, 0.6) is 0 Å². The van der Waals surface area contributed by atoms with Crippen LogP contribution in [0, 0.1) is 6.92 Å². The highest BCUT2D eigenvalue weighted by Gasteiger charge is 2.07. The molecule has 1 nitrogen and oxygen atoms in total. The van der Waals surface area contributed by atoms with Crippen molar-refractivity contribution in [3.63, 3.8) is 0 Å². The molecule has 0 fully saturated rings. The number of aryl methyl sites for hydroxylation is 1. The van der Waals surface area contributed by atoms with Crippen LogP contribution in [0.4, 0.5) is 11.4 Å². The molecule has 0 radical (unpaired) electrons. The first-order valence-electron chi connectivity index (χ1n) is 10.3. The van der Waals surface area contributed by atoms with Crippen LogP contribution in [-0.2, 0) is 0 Å². The molecule has 5 aromatic carbocycles. The maximum atomic E-state index is 3.63. The van der Waals surface area contributed by atoms with Crippen LogP contribution in [0.1, 0.15) is 5.56 Å². The van der Waals surface area contributed by atoms with Gasteiger partial charge in [0.25, 0.3) is 0 Å². The molecule has 0 bridgehead atoms. The van der Waals surface area contributed by atoms with Gasteiger partial charge in [-0.3, -0.25) is 0 Å². The normalized spacial score (nSPS) is 10.8. The molecule has 0 saturated carbocycles. The second-order valence-electron chi connectivity index (χ2n) is 7.72. The summed E-state index contributed by atoms with van der Waals surface area (Å²) in [4.78, 5) is 0. The number of hydrogen-bond acceptors (Lipinski definition) is 1. The molecule has 30 heavy (non-hydrogen) atoms. The Morgan fingerprint density at radius 2 is 1.07 bits per heavy atom. The highest BCUT2D eigenvalue weighted by molar-refractivity contribution is 5.87. The van der Waals surface area contributed by atoms with Gasteiger partial charge >= 0.3 is 0 Å². The lowest BCUT2D eigenvalue weighted by Gasteiger charge is -2.13. The monoisotopic (exact) mass is 385 g/mol. The van der Waals surface area contributed by atoms with Gasteiger partial charge in [0.2, 0.25) is 0 Å². The van der Waals surface area contributed by atoms with E-state index in [4.69, 9.17) is 0 Å². The molecule has 0 spiro atoms. The maximum Gasteiger partial charge on any atom is 0.0396 e. The summed E-state index contributed by atoms with van der Waals surface area (Å²) < 4.78 is 0. The lowest BCUT2D eigenvalue weighted by Crippen LogP contribution is -1.93. The fraction of sp³-hybridized carbons (Fsp3) is 0.0345. The Morgan fingerprint density at radius 3 is 1.80 bits per heavy atom. The van der Waals surface area contributed by atoms with E-state index in [2.05, 4.69) is 128 Å². The molecule has 5 aromatic rings. The van der Waals surface area contributed by atoms with E-state index in [9.17, 15) is 0 Å². The number of benzene rings is 5. The minimum absolute atomic E-state index is 1.09. The SMILES string of the molecule is Cc1ccc(-c2cc(Nc3ccc4ccccc4c3)cc(-c3ccccc3)c2)cc1. The van der Waals surface area contributed by atoms with Gasteiger partial charge in [-0.2, -0.15) is 0 Å². The highest BCUT2D eigenvalue weighted by atomic mass is 14.9. The van der Waals surface area contributed by atoms with Gasteiger partial charge < -0.3 is 5.32 Å². The minimum Gasteiger partial charge on any atom is -0.355 e. The molecule has 5 rings (SSSR count). The van der Waals surface area contributed by atoms with Gasteiger partial charge in [0.05, 0.1) is 0 Å². The average molecular weight is 386 g/mol. The van der Waals surface area contributed by atoms with Crippen molar-refractivity contribution in [2.24, 2.45) is 0 Å². The zero-order chi connectivity index (χ0) is 20.3. The molecule has 0 amide bonds. The van der Waals surface area contributed by atoms with E-state index in [-0.39, 0.29) is 0 Å². The largest absolute Gasteiger partial charge is 0.355 e. The van der Waals surface area contributed by atoms with Crippen molar-refractivity contribution in [2.45, 2.75) is 6.92 Å². The predicted molar refractivity (Wildman–Crippen MR) is 129 cm³/mol. The number of hydrogen-bond donors (Lipinski definition) is 1. The molecule has 0 aromatic heterocycles. The molecular weight excluding hydrogens is 362 g/mol. The van der Waals surface area contributed by atoms with Gasteiger partial charge in [-0.1, -0.05) is 90.5 Å². The average Bonchev–Trinajstić information content (AvgIpc) is 2.80. The first-order chi connectivity index (χ1) is 14.7. The number of anilines is 2. The summed E-state index contributed by atoms with van der Waals surface area (Å²) in [5.41, 5.74) is 8.30. The molecule has 0 heterocycles. The smallest absolute Gasteiger partial charge is 0.0396 e. The Hall–Kier alpha value is -3.84. The van der Waals surface area contributed by atoms with Crippen molar-refractivity contribution in [1.82, 2.24) is 0 Å². The van der Waals surface area contributed by atoms with Crippen molar-refractivity contribution in [3.05, 3.63) is 121 Å². The summed E-state index contributed by atoms with van der Waals surface area (Å²) in [7, 11) is 0. The van der Waals surface area contributed by atoms with E-state index in [1.807, 2.05) is 0 Å². The van der Waals surface area contributed by atoms with Gasteiger partial charge in [-0.05, 0) is 70.3 Å². The second-order valence-corrected chi connectivity index (χ2v) is 7.72. The lowest BCUT2D eigenvalue weighted by molar-refractivity contribution is 1.46. The first kappa shape index (κ1) is 18.2. The Bertz CT molecular complexity index is 1300. The van der Waals surface area contributed by atoms with Gasteiger partial charge in [0, 0.05) is 11.4 Å². The molecule has 1 N–H and O–H groups in total. The Kier molecular flexibility index (Phi) is 4.78. The summed E-state index contributed by atoms with van der Waals surface area (Å²) >= 11 is 0. The Balaban J connectivity index is 1.59. The zero-order valence-electron chi connectivity index (χ0n) is 17.0. The number of fused-ring (bicyclic) bond motifs is 1. The van der Waals surface area contributed by atoms with E-state index in [0.717, 1.165) is 11.4 Å². The van der Waals surface area contributed by atoms with Crippen molar-refractivity contribution < 1.29 is 0 Å². The Morgan fingerprint density at radius 1 is 0.433 bits per heavy atom. The van der Waals surface area contributed by atoms with Crippen LogP contribution < -0.4 is 5.32 Å². The maximum absolute atomic E-state index is 3.63. The molecule has 0 aliphatic heterocycles. The van der Waals surface area contributed by atoms with Crippen molar-refractivity contribution in [3.8, 4) is 22.3 Å². The van der Waals surface area contributed by atoms with Crippen molar-refractivity contribution in [1.29, 1.82) is 0 Å². The number of nitrogens with one attached hydrogen (secondary N) is 1. The summed E-state index contributed by atoms with van der Waals surface area (Å²) in [6.07, 6.45) is 0. The quantitative estimate of drug-likeness (QED) is 0.328. The number of rotatable bonds is 4. The molecular formula is C29H23N. The van der Waals surface area contributed by atoms with Gasteiger partial charge in [0.1, 0.15) is 0 Å². The topological polar surface area (TPSA) is 12.0 Å². The fourth-order valence-corrected chi connectivity index (χ4v) is 3.84. The van der Waals surface area contributed by atoms with Crippen molar-refractivity contribution >= 4 is 22.1 Å². The van der Waals surface area contributed by atoms with Crippen LogP contribution in [0.2, 0.25) is 0 Å². The van der Waals surface area contributed by atoms with Gasteiger partial charge in [-0.25, -0.2) is 0 Å². The molecule has 0 atom stereocenters.